The van der Waals surface area contributed by atoms with Gasteiger partial charge in [-0.1, -0.05) is 13.3 Å². The Morgan fingerprint density at radius 2 is 1.96 bits per heavy atom. The van der Waals surface area contributed by atoms with E-state index in [1.165, 1.54) is 0 Å². The number of carbonyl (C=O) groups excluding carboxylic acids is 1. The largest absolute Gasteiger partial charge is 0.494 e. The van der Waals surface area contributed by atoms with Crippen molar-refractivity contribution in [2.24, 2.45) is 0 Å². The van der Waals surface area contributed by atoms with E-state index < -0.39 is 0 Å². The van der Waals surface area contributed by atoms with Gasteiger partial charge in [0.05, 0.1) is 12.3 Å². The molecule has 1 aromatic heterocycles. The average Bonchev–Trinajstić information content (AvgIpc) is 2.55. The van der Waals surface area contributed by atoms with E-state index in [9.17, 15) is 4.79 Å². The minimum Gasteiger partial charge on any atom is -0.494 e. The summed E-state index contributed by atoms with van der Waals surface area (Å²) in [5.41, 5.74) is 7.44. The van der Waals surface area contributed by atoms with Crippen molar-refractivity contribution in [3.05, 3.63) is 36.0 Å². The SMILES string of the molecule is CCCCOc1ccc(-c2cc(C(=O)NCC)nc(N)n2)cc1. The Kier molecular flexibility index (Phi) is 5.91. The normalized spacial score (nSPS) is 10.3. The summed E-state index contributed by atoms with van der Waals surface area (Å²) in [6, 6.07) is 9.19. The second kappa shape index (κ2) is 8.12. The van der Waals surface area contributed by atoms with Gasteiger partial charge in [-0.2, -0.15) is 0 Å². The van der Waals surface area contributed by atoms with Crippen molar-refractivity contribution < 1.29 is 9.53 Å². The summed E-state index contributed by atoms with van der Waals surface area (Å²) < 4.78 is 5.63. The Balaban J connectivity index is 2.19. The Labute approximate surface area is 136 Å². The third kappa shape index (κ3) is 4.67. The smallest absolute Gasteiger partial charge is 0.270 e. The van der Waals surface area contributed by atoms with Crippen LogP contribution in [0.5, 0.6) is 5.75 Å². The molecule has 0 unspecified atom stereocenters. The van der Waals surface area contributed by atoms with Crippen LogP contribution >= 0.6 is 0 Å². The number of ether oxygens (including phenoxy) is 1. The number of anilines is 1. The van der Waals surface area contributed by atoms with Crippen LogP contribution in [0.2, 0.25) is 0 Å². The van der Waals surface area contributed by atoms with Gasteiger partial charge in [-0.05, 0) is 43.7 Å². The highest BCUT2D eigenvalue weighted by molar-refractivity contribution is 5.93. The summed E-state index contributed by atoms with van der Waals surface area (Å²) in [5.74, 6) is 0.627. The lowest BCUT2D eigenvalue weighted by Gasteiger charge is -2.08. The molecule has 0 bridgehead atoms. The monoisotopic (exact) mass is 314 g/mol. The predicted molar refractivity (Wildman–Crippen MR) is 90.3 cm³/mol. The molecule has 0 atom stereocenters. The van der Waals surface area contributed by atoms with Crippen molar-refractivity contribution in [3.8, 4) is 17.0 Å². The van der Waals surface area contributed by atoms with Crippen molar-refractivity contribution >= 4 is 11.9 Å². The Bertz CT molecular complexity index is 656. The quantitative estimate of drug-likeness (QED) is 0.767. The minimum atomic E-state index is -0.262. The third-order valence-corrected chi connectivity index (χ3v) is 3.23. The fourth-order valence-corrected chi connectivity index (χ4v) is 2.04. The Morgan fingerprint density at radius 3 is 2.61 bits per heavy atom. The molecule has 0 radical (unpaired) electrons. The summed E-state index contributed by atoms with van der Waals surface area (Å²) in [5, 5.41) is 2.70. The Hall–Kier alpha value is -2.63. The first-order chi connectivity index (χ1) is 11.1. The van der Waals surface area contributed by atoms with Crippen molar-refractivity contribution in [1.29, 1.82) is 0 Å². The molecule has 23 heavy (non-hydrogen) atoms. The van der Waals surface area contributed by atoms with Crippen molar-refractivity contribution in [1.82, 2.24) is 15.3 Å². The van der Waals surface area contributed by atoms with Gasteiger partial charge < -0.3 is 15.8 Å². The summed E-state index contributed by atoms with van der Waals surface area (Å²) in [6.07, 6.45) is 2.13. The molecule has 0 aliphatic carbocycles. The van der Waals surface area contributed by atoms with Crippen LogP contribution in [-0.2, 0) is 0 Å². The molecule has 6 nitrogen and oxygen atoms in total. The van der Waals surface area contributed by atoms with Crippen LogP contribution in [0.3, 0.4) is 0 Å². The van der Waals surface area contributed by atoms with Gasteiger partial charge in [-0.15, -0.1) is 0 Å². The topological polar surface area (TPSA) is 90.1 Å². The maximum atomic E-state index is 11.9. The lowest BCUT2D eigenvalue weighted by atomic mass is 10.1. The van der Waals surface area contributed by atoms with Crippen LogP contribution in [0.15, 0.2) is 30.3 Å². The molecule has 122 valence electrons. The summed E-state index contributed by atoms with van der Waals surface area (Å²) in [6.45, 7) is 5.21. The molecule has 0 saturated heterocycles. The molecule has 3 N–H and O–H groups in total. The van der Waals surface area contributed by atoms with Gasteiger partial charge in [-0.3, -0.25) is 4.79 Å². The molecule has 0 fully saturated rings. The molecule has 6 heteroatoms. The standard InChI is InChI=1S/C17H22N4O2/c1-3-5-10-23-13-8-6-12(7-9-13)14-11-15(16(22)19-4-2)21-17(18)20-14/h6-9,11H,3-5,10H2,1-2H3,(H,19,22)(H2,18,20,21). The van der Waals surface area contributed by atoms with Crippen LogP contribution < -0.4 is 15.8 Å². The average molecular weight is 314 g/mol. The zero-order chi connectivity index (χ0) is 16.7. The molecule has 2 aromatic rings. The zero-order valence-electron chi connectivity index (χ0n) is 13.5. The molecular weight excluding hydrogens is 292 g/mol. The van der Waals surface area contributed by atoms with E-state index in [1.54, 1.807) is 6.07 Å². The van der Waals surface area contributed by atoms with Gasteiger partial charge in [0, 0.05) is 12.1 Å². The summed E-state index contributed by atoms with van der Waals surface area (Å²) in [4.78, 5) is 20.1. The van der Waals surface area contributed by atoms with Gasteiger partial charge in [0.25, 0.3) is 5.91 Å². The minimum absolute atomic E-state index is 0.0759. The third-order valence-electron chi connectivity index (χ3n) is 3.23. The van der Waals surface area contributed by atoms with Crippen molar-refractivity contribution in [3.63, 3.8) is 0 Å². The first kappa shape index (κ1) is 16.7. The number of rotatable bonds is 7. The molecule has 1 aromatic carbocycles. The highest BCUT2D eigenvalue weighted by atomic mass is 16.5. The number of amides is 1. The van der Waals surface area contributed by atoms with Gasteiger partial charge in [0.15, 0.2) is 0 Å². The van der Waals surface area contributed by atoms with Crippen LogP contribution in [0, 0.1) is 0 Å². The maximum absolute atomic E-state index is 11.9. The number of benzene rings is 1. The van der Waals surface area contributed by atoms with E-state index in [0.29, 0.717) is 18.8 Å². The van der Waals surface area contributed by atoms with E-state index in [2.05, 4.69) is 22.2 Å². The Morgan fingerprint density at radius 1 is 1.22 bits per heavy atom. The second-order valence-electron chi connectivity index (χ2n) is 5.08. The van der Waals surface area contributed by atoms with Crippen LogP contribution in [0.25, 0.3) is 11.3 Å². The van der Waals surface area contributed by atoms with Gasteiger partial charge >= 0.3 is 0 Å². The molecule has 2 rings (SSSR count). The number of carbonyl (C=O) groups is 1. The van der Waals surface area contributed by atoms with Crippen LogP contribution in [0.4, 0.5) is 5.95 Å². The zero-order valence-corrected chi connectivity index (χ0v) is 13.5. The number of hydrogen-bond acceptors (Lipinski definition) is 5. The lowest BCUT2D eigenvalue weighted by molar-refractivity contribution is 0.0951. The second-order valence-corrected chi connectivity index (χ2v) is 5.08. The van der Waals surface area contributed by atoms with Crippen LogP contribution in [0.1, 0.15) is 37.2 Å². The highest BCUT2D eigenvalue weighted by Crippen LogP contribution is 2.22. The fraction of sp³-hybridized carbons (Fsp3) is 0.353. The fourth-order valence-electron chi connectivity index (χ4n) is 2.04. The molecular formula is C17H22N4O2. The first-order valence-corrected chi connectivity index (χ1v) is 7.80. The van der Waals surface area contributed by atoms with E-state index in [-0.39, 0.29) is 17.5 Å². The maximum Gasteiger partial charge on any atom is 0.270 e. The predicted octanol–water partition coefficient (Wildman–Crippen LogP) is 2.65. The van der Waals surface area contributed by atoms with E-state index >= 15 is 0 Å². The number of unbranched alkanes of at least 4 members (excludes halogenated alkanes) is 1. The number of nitrogens with two attached hydrogens (primary N) is 1. The lowest BCUT2D eigenvalue weighted by Crippen LogP contribution is -2.24. The number of aromatic nitrogens is 2. The first-order valence-electron chi connectivity index (χ1n) is 7.80. The number of nitrogens with one attached hydrogen (secondary N) is 1. The molecule has 1 heterocycles. The van der Waals surface area contributed by atoms with E-state index in [0.717, 1.165) is 24.2 Å². The number of nitrogens with zero attached hydrogens (tertiary/aromatic N) is 2. The van der Waals surface area contributed by atoms with Crippen LogP contribution in [-0.4, -0.2) is 29.0 Å². The molecule has 0 aliphatic rings. The van der Waals surface area contributed by atoms with E-state index in [1.807, 2.05) is 31.2 Å². The van der Waals surface area contributed by atoms with Crippen molar-refractivity contribution in [2.75, 3.05) is 18.9 Å². The molecule has 0 saturated carbocycles. The summed E-state index contributed by atoms with van der Waals surface area (Å²) >= 11 is 0. The van der Waals surface area contributed by atoms with Gasteiger partial charge in [0.1, 0.15) is 11.4 Å². The van der Waals surface area contributed by atoms with E-state index in [4.69, 9.17) is 10.5 Å². The van der Waals surface area contributed by atoms with Gasteiger partial charge in [-0.25, -0.2) is 9.97 Å². The molecule has 0 spiro atoms. The van der Waals surface area contributed by atoms with Crippen molar-refractivity contribution in [2.45, 2.75) is 26.7 Å². The summed E-state index contributed by atoms with van der Waals surface area (Å²) in [7, 11) is 0. The number of hydrogen-bond donors (Lipinski definition) is 2. The number of nitrogen functional groups attached to an aromatic ring is 1. The molecule has 0 aliphatic heterocycles. The highest BCUT2D eigenvalue weighted by Gasteiger charge is 2.11. The molecule has 1 amide bonds. The van der Waals surface area contributed by atoms with Gasteiger partial charge in [0.2, 0.25) is 5.95 Å².